The van der Waals surface area contributed by atoms with Crippen LogP contribution < -0.4 is 14.8 Å². The molecule has 1 rings (SSSR count). The van der Waals surface area contributed by atoms with Crippen molar-refractivity contribution in [3.05, 3.63) is 24.3 Å². The Morgan fingerprint density at radius 3 is 2.39 bits per heavy atom. The van der Waals surface area contributed by atoms with Gasteiger partial charge in [-0.15, -0.1) is 0 Å². The van der Waals surface area contributed by atoms with Gasteiger partial charge in [-0.25, -0.2) is 0 Å². The second-order valence-corrected chi connectivity index (χ2v) is 4.02. The number of hydrogen-bond acceptors (Lipinski definition) is 3. The highest BCUT2D eigenvalue weighted by molar-refractivity contribution is 5.77. The van der Waals surface area contributed by atoms with Crippen molar-refractivity contribution in [1.82, 2.24) is 5.32 Å². The zero-order chi connectivity index (χ0) is 13.4. The van der Waals surface area contributed by atoms with Crippen molar-refractivity contribution in [2.24, 2.45) is 0 Å². The van der Waals surface area contributed by atoms with Crippen molar-refractivity contribution in [2.45, 2.75) is 32.7 Å². The lowest BCUT2D eigenvalue weighted by Crippen LogP contribution is -2.37. The quantitative estimate of drug-likeness (QED) is 0.809. The van der Waals surface area contributed by atoms with E-state index in [1.807, 2.05) is 12.1 Å². The van der Waals surface area contributed by atoms with Gasteiger partial charge in [0.15, 0.2) is 18.1 Å². The molecule has 0 atom stereocenters. The fourth-order valence-electron chi connectivity index (χ4n) is 1.64. The lowest BCUT2D eigenvalue weighted by Gasteiger charge is -2.15. The van der Waals surface area contributed by atoms with Crippen LogP contribution in [-0.2, 0) is 4.79 Å². The first-order valence-corrected chi connectivity index (χ1v) is 6.26. The SMILES string of the molecule is CCC(CC)NC(=O)COc1ccccc1OC. The van der Waals surface area contributed by atoms with Gasteiger partial charge >= 0.3 is 0 Å². The molecule has 0 radical (unpaired) electrons. The van der Waals surface area contributed by atoms with Gasteiger partial charge in [-0.05, 0) is 25.0 Å². The monoisotopic (exact) mass is 251 g/mol. The number of amides is 1. The van der Waals surface area contributed by atoms with E-state index in [1.54, 1.807) is 19.2 Å². The summed E-state index contributed by atoms with van der Waals surface area (Å²) in [6.45, 7) is 4.11. The average molecular weight is 251 g/mol. The third-order valence-electron chi connectivity index (χ3n) is 2.78. The summed E-state index contributed by atoms with van der Waals surface area (Å²) in [7, 11) is 1.58. The number of ether oxygens (including phenoxy) is 2. The lowest BCUT2D eigenvalue weighted by atomic mass is 10.2. The molecule has 1 aromatic carbocycles. The highest BCUT2D eigenvalue weighted by Crippen LogP contribution is 2.25. The number of hydrogen-bond donors (Lipinski definition) is 1. The van der Waals surface area contributed by atoms with Gasteiger partial charge in [0.25, 0.3) is 5.91 Å². The smallest absolute Gasteiger partial charge is 0.258 e. The van der Waals surface area contributed by atoms with Crippen LogP contribution in [0.2, 0.25) is 0 Å². The third kappa shape index (κ3) is 4.28. The van der Waals surface area contributed by atoms with Gasteiger partial charge in [-0.1, -0.05) is 26.0 Å². The minimum Gasteiger partial charge on any atom is -0.493 e. The molecule has 1 aromatic rings. The summed E-state index contributed by atoms with van der Waals surface area (Å²) in [6, 6.07) is 7.50. The van der Waals surface area contributed by atoms with E-state index in [0.29, 0.717) is 11.5 Å². The number of rotatable bonds is 7. The van der Waals surface area contributed by atoms with Crippen molar-refractivity contribution in [1.29, 1.82) is 0 Å². The molecule has 0 fully saturated rings. The van der Waals surface area contributed by atoms with Crippen molar-refractivity contribution >= 4 is 5.91 Å². The van der Waals surface area contributed by atoms with Crippen LogP contribution in [0.5, 0.6) is 11.5 Å². The molecular formula is C14H21NO3. The number of para-hydroxylation sites is 2. The first-order valence-electron chi connectivity index (χ1n) is 6.26. The van der Waals surface area contributed by atoms with Crippen molar-refractivity contribution in [3.63, 3.8) is 0 Å². The molecular weight excluding hydrogens is 230 g/mol. The maximum atomic E-state index is 11.7. The predicted molar refractivity (Wildman–Crippen MR) is 71.0 cm³/mol. The highest BCUT2D eigenvalue weighted by atomic mass is 16.5. The molecule has 1 N–H and O–H groups in total. The van der Waals surface area contributed by atoms with Crippen LogP contribution in [0.1, 0.15) is 26.7 Å². The number of methoxy groups -OCH3 is 1. The molecule has 0 aliphatic rings. The van der Waals surface area contributed by atoms with Crippen LogP contribution in [-0.4, -0.2) is 25.7 Å². The van der Waals surface area contributed by atoms with E-state index in [0.717, 1.165) is 12.8 Å². The Hall–Kier alpha value is -1.71. The van der Waals surface area contributed by atoms with Crippen molar-refractivity contribution in [2.75, 3.05) is 13.7 Å². The highest BCUT2D eigenvalue weighted by Gasteiger charge is 2.10. The zero-order valence-electron chi connectivity index (χ0n) is 11.2. The standard InChI is InChI=1S/C14H21NO3/c1-4-11(5-2)15-14(16)10-18-13-9-7-6-8-12(13)17-3/h6-9,11H,4-5,10H2,1-3H3,(H,15,16). The molecule has 100 valence electrons. The molecule has 0 bridgehead atoms. The Labute approximate surface area is 108 Å². The summed E-state index contributed by atoms with van der Waals surface area (Å²) < 4.78 is 10.6. The number of benzene rings is 1. The Bertz CT molecular complexity index is 375. The average Bonchev–Trinajstić information content (AvgIpc) is 2.42. The Kier molecular flexibility index (Phi) is 6.05. The third-order valence-corrected chi connectivity index (χ3v) is 2.78. The molecule has 0 unspecified atom stereocenters. The Morgan fingerprint density at radius 2 is 1.83 bits per heavy atom. The molecule has 4 heteroatoms. The molecule has 1 amide bonds. The summed E-state index contributed by atoms with van der Waals surface area (Å²) in [4.78, 5) is 11.7. The zero-order valence-corrected chi connectivity index (χ0v) is 11.2. The van der Waals surface area contributed by atoms with E-state index >= 15 is 0 Å². The molecule has 0 aromatic heterocycles. The summed E-state index contributed by atoms with van der Waals surface area (Å²) in [5.74, 6) is 1.11. The van der Waals surface area contributed by atoms with E-state index < -0.39 is 0 Å². The minimum atomic E-state index is -0.102. The van der Waals surface area contributed by atoms with Gasteiger partial charge in [0.05, 0.1) is 7.11 Å². The first kappa shape index (κ1) is 14.4. The van der Waals surface area contributed by atoms with Gasteiger partial charge in [0, 0.05) is 6.04 Å². The van der Waals surface area contributed by atoms with E-state index in [4.69, 9.17) is 9.47 Å². The van der Waals surface area contributed by atoms with Crippen LogP contribution in [0.4, 0.5) is 0 Å². The maximum absolute atomic E-state index is 11.7. The molecule has 18 heavy (non-hydrogen) atoms. The van der Waals surface area contributed by atoms with Gasteiger partial charge < -0.3 is 14.8 Å². The van der Waals surface area contributed by atoms with Crippen molar-refractivity contribution < 1.29 is 14.3 Å². The summed E-state index contributed by atoms with van der Waals surface area (Å²) >= 11 is 0. The summed E-state index contributed by atoms with van der Waals surface area (Å²) in [6.07, 6.45) is 1.85. The largest absolute Gasteiger partial charge is 0.493 e. The molecule has 0 heterocycles. The molecule has 0 aliphatic heterocycles. The molecule has 0 saturated heterocycles. The van der Waals surface area contributed by atoms with Gasteiger partial charge in [-0.3, -0.25) is 4.79 Å². The van der Waals surface area contributed by atoms with Crippen LogP contribution in [0, 0.1) is 0 Å². The number of carbonyl (C=O) groups is 1. The van der Waals surface area contributed by atoms with Crippen LogP contribution in [0.3, 0.4) is 0 Å². The normalized spacial score (nSPS) is 10.2. The van der Waals surface area contributed by atoms with E-state index in [-0.39, 0.29) is 18.6 Å². The van der Waals surface area contributed by atoms with E-state index in [1.165, 1.54) is 0 Å². The van der Waals surface area contributed by atoms with Crippen molar-refractivity contribution in [3.8, 4) is 11.5 Å². The predicted octanol–water partition coefficient (Wildman–Crippen LogP) is 2.38. The van der Waals surface area contributed by atoms with Crippen LogP contribution in [0.15, 0.2) is 24.3 Å². The molecule has 0 aliphatic carbocycles. The number of nitrogens with one attached hydrogen (secondary N) is 1. The topological polar surface area (TPSA) is 47.6 Å². The van der Waals surface area contributed by atoms with Crippen LogP contribution in [0.25, 0.3) is 0 Å². The summed E-state index contributed by atoms with van der Waals surface area (Å²) in [5.41, 5.74) is 0. The van der Waals surface area contributed by atoms with Crippen LogP contribution >= 0.6 is 0 Å². The second kappa shape index (κ2) is 7.58. The van der Waals surface area contributed by atoms with Gasteiger partial charge in [-0.2, -0.15) is 0 Å². The molecule has 0 spiro atoms. The first-order chi connectivity index (χ1) is 8.71. The molecule has 0 saturated carbocycles. The van der Waals surface area contributed by atoms with E-state index in [2.05, 4.69) is 19.2 Å². The van der Waals surface area contributed by atoms with E-state index in [9.17, 15) is 4.79 Å². The molecule has 4 nitrogen and oxygen atoms in total. The number of carbonyl (C=O) groups excluding carboxylic acids is 1. The fraction of sp³-hybridized carbons (Fsp3) is 0.500. The van der Waals surface area contributed by atoms with Gasteiger partial charge in [0.1, 0.15) is 0 Å². The maximum Gasteiger partial charge on any atom is 0.258 e. The Balaban J connectivity index is 2.47. The second-order valence-electron chi connectivity index (χ2n) is 4.02. The minimum absolute atomic E-state index is 0.0108. The summed E-state index contributed by atoms with van der Waals surface area (Å²) in [5, 5.41) is 2.92. The lowest BCUT2D eigenvalue weighted by molar-refractivity contribution is -0.123. The fourth-order valence-corrected chi connectivity index (χ4v) is 1.64. The Morgan fingerprint density at radius 1 is 1.22 bits per heavy atom. The van der Waals surface area contributed by atoms with Gasteiger partial charge in [0.2, 0.25) is 0 Å².